The molecule has 0 saturated heterocycles. The molecule has 1 aliphatic carbocycles. The molecule has 1 aromatic carbocycles. The van der Waals surface area contributed by atoms with Gasteiger partial charge in [0.05, 0.1) is 6.04 Å². The van der Waals surface area contributed by atoms with Gasteiger partial charge in [-0.3, -0.25) is 0 Å². The van der Waals surface area contributed by atoms with Crippen LogP contribution in [0.1, 0.15) is 37.8 Å². The number of rotatable bonds is 4. The second-order valence-corrected chi connectivity index (χ2v) is 5.55. The molecule has 3 rings (SSSR count). The smallest absolute Gasteiger partial charge is 0.182 e. The Hall–Kier alpha value is -1.91. The van der Waals surface area contributed by atoms with Crippen molar-refractivity contribution in [1.29, 1.82) is 0 Å². The lowest BCUT2D eigenvalue weighted by molar-refractivity contribution is 0.430. The Morgan fingerprint density at radius 2 is 2.21 bits per heavy atom. The molecule has 1 atom stereocenters. The van der Waals surface area contributed by atoms with Crippen molar-refractivity contribution in [3.05, 3.63) is 23.8 Å². The van der Waals surface area contributed by atoms with E-state index in [4.69, 9.17) is 5.73 Å². The Morgan fingerprint density at radius 3 is 2.89 bits per heavy atom. The summed E-state index contributed by atoms with van der Waals surface area (Å²) in [5.41, 5.74) is 8.81. The van der Waals surface area contributed by atoms with Crippen molar-refractivity contribution in [3.8, 4) is 11.4 Å². The summed E-state index contributed by atoms with van der Waals surface area (Å²) in [7, 11) is 0. The Kier molecular flexibility index (Phi) is 2.97. The molecule has 2 N–H and O–H groups in total. The molecular weight excluding hydrogens is 238 g/mol. The molecule has 0 amide bonds. The quantitative estimate of drug-likeness (QED) is 0.855. The molecule has 1 unspecified atom stereocenters. The molecule has 5 heteroatoms. The van der Waals surface area contributed by atoms with Gasteiger partial charge in [0.15, 0.2) is 5.82 Å². The van der Waals surface area contributed by atoms with Crippen molar-refractivity contribution in [3.63, 3.8) is 0 Å². The fraction of sp³-hybridized carbons (Fsp3) is 0.500. The third-order valence-electron chi connectivity index (χ3n) is 3.82. The van der Waals surface area contributed by atoms with E-state index < -0.39 is 0 Å². The normalized spacial score (nSPS) is 16.5. The number of aromatic nitrogens is 4. The van der Waals surface area contributed by atoms with Crippen molar-refractivity contribution < 1.29 is 0 Å². The minimum atomic E-state index is 0.333. The van der Waals surface area contributed by atoms with E-state index in [1.807, 2.05) is 29.8 Å². The van der Waals surface area contributed by atoms with Gasteiger partial charge in [0.1, 0.15) is 0 Å². The largest absolute Gasteiger partial charge is 0.398 e. The summed E-state index contributed by atoms with van der Waals surface area (Å²) >= 11 is 0. The maximum absolute atomic E-state index is 5.97. The van der Waals surface area contributed by atoms with Crippen molar-refractivity contribution in [1.82, 2.24) is 20.2 Å². The molecule has 100 valence electrons. The molecule has 1 aromatic heterocycles. The van der Waals surface area contributed by atoms with Gasteiger partial charge < -0.3 is 5.73 Å². The molecule has 0 bridgehead atoms. The Bertz CT molecular complexity index is 585. The second-order valence-electron chi connectivity index (χ2n) is 5.55. The standard InChI is InChI=1S/C14H19N5/c1-9-3-6-12(8-13(9)15)14-16-17-18-19(14)10(2)7-11-4-5-11/h3,6,8,10-11H,4-5,7,15H2,1-2H3. The number of tetrazole rings is 1. The topological polar surface area (TPSA) is 69.6 Å². The summed E-state index contributed by atoms with van der Waals surface area (Å²) in [6, 6.07) is 6.31. The monoisotopic (exact) mass is 257 g/mol. The molecule has 19 heavy (non-hydrogen) atoms. The van der Waals surface area contributed by atoms with E-state index in [-0.39, 0.29) is 0 Å². The Balaban J connectivity index is 1.91. The third kappa shape index (κ3) is 2.45. The number of aryl methyl sites for hydroxylation is 1. The Morgan fingerprint density at radius 1 is 1.42 bits per heavy atom. The third-order valence-corrected chi connectivity index (χ3v) is 3.82. The van der Waals surface area contributed by atoms with Gasteiger partial charge >= 0.3 is 0 Å². The van der Waals surface area contributed by atoms with Gasteiger partial charge in [-0.05, 0) is 48.2 Å². The number of hydrogen-bond acceptors (Lipinski definition) is 4. The van der Waals surface area contributed by atoms with Crippen LogP contribution < -0.4 is 5.73 Å². The molecule has 1 heterocycles. The van der Waals surface area contributed by atoms with E-state index in [0.29, 0.717) is 6.04 Å². The van der Waals surface area contributed by atoms with Crippen molar-refractivity contribution in [2.75, 3.05) is 5.73 Å². The van der Waals surface area contributed by atoms with Crippen LogP contribution in [-0.2, 0) is 0 Å². The number of hydrogen-bond donors (Lipinski definition) is 1. The van der Waals surface area contributed by atoms with Crippen LogP contribution in [0.2, 0.25) is 0 Å². The first-order valence-electron chi connectivity index (χ1n) is 6.79. The minimum absolute atomic E-state index is 0.333. The van der Waals surface area contributed by atoms with Crippen LogP contribution in [0.5, 0.6) is 0 Å². The first-order valence-corrected chi connectivity index (χ1v) is 6.79. The zero-order valence-electron chi connectivity index (χ0n) is 11.4. The van der Waals surface area contributed by atoms with E-state index in [1.54, 1.807) is 0 Å². The predicted molar refractivity (Wildman–Crippen MR) is 74.5 cm³/mol. The molecule has 0 radical (unpaired) electrons. The van der Waals surface area contributed by atoms with Crippen molar-refractivity contribution in [2.24, 2.45) is 5.92 Å². The van der Waals surface area contributed by atoms with E-state index in [9.17, 15) is 0 Å². The summed E-state index contributed by atoms with van der Waals surface area (Å²) in [6.07, 6.45) is 3.85. The average molecular weight is 257 g/mol. The zero-order valence-corrected chi connectivity index (χ0v) is 11.4. The fourth-order valence-corrected chi connectivity index (χ4v) is 2.40. The number of nitrogen functional groups attached to an aromatic ring is 1. The molecular formula is C14H19N5. The van der Waals surface area contributed by atoms with Gasteiger partial charge in [-0.25, -0.2) is 4.68 Å². The SMILES string of the molecule is Cc1ccc(-c2nnnn2C(C)CC2CC2)cc1N. The van der Waals surface area contributed by atoms with Gasteiger partial charge in [0.25, 0.3) is 0 Å². The van der Waals surface area contributed by atoms with Crippen LogP contribution in [0.25, 0.3) is 11.4 Å². The summed E-state index contributed by atoms with van der Waals surface area (Å²) in [5.74, 6) is 1.66. The highest BCUT2D eigenvalue weighted by atomic mass is 15.5. The van der Waals surface area contributed by atoms with Crippen LogP contribution in [0.4, 0.5) is 5.69 Å². The lowest BCUT2D eigenvalue weighted by atomic mass is 10.1. The molecule has 1 fully saturated rings. The number of nitrogens with zero attached hydrogens (tertiary/aromatic N) is 4. The maximum Gasteiger partial charge on any atom is 0.182 e. The second kappa shape index (κ2) is 4.64. The van der Waals surface area contributed by atoms with Gasteiger partial charge in [0.2, 0.25) is 0 Å². The number of nitrogens with two attached hydrogens (primary N) is 1. The summed E-state index contributed by atoms with van der Waals surface area (Å²) < 4.78 is 1.92. The molecule has 1 aliphatic rings. The van der Waals surface area contributed by atoms with Crippen molar-refractivity contribution >= 4 is 5.69 Å². The summed E-state index contributed by atoms with van der Waals surface area (Å²) in [4.78, 5) is 0. The van der Waals surface area contributed by atoms with Crippen LogP contribution in [-0.4, -0.2) is 20.2 Å². The van der Waals surface area contributed by atoms with E-state index in [1.165, 1.54) is 12.8 Å². The zero-order chi connectivity index (χ0) is 13.4. The van der Waals surface area contributed by atoms with E-state index >= 15 is 0 Å². The molecule has 1 saturated carbocycles. The number of anilines is 1. The first kappa shape index (κ1) is 12.1. The van der Waals surface area contributed by atoms with Gasteiger partial charge in [-0.2, -0.15) is 0 Å². The van der Waals surface area contributed by atoms with Crippen molar-refractivity contribution in [2.45, 2.75) is 39.2 Å². The average Bonchev–Trinajstić information content (AvgIpc) is 3.06. The highest BCUT2D eigenvalue weighted by Crippen LogP contribution is 2.37. The van der Waals surface area contributed by atoms with Crippen LogP contribution in [0.15, 0.2) is 18.2 Å². The molecule has 2 aromatic rings. The van der Waals surface area contributed by atoms with Crippen LogP contribution in [0, 0.1) is 12.8 Å². The lowest BCUT2D eigenvalue weighted by Crippen LogP contribution is -2.10. The van der Waals surface area contributed by atoms with Crippen LogP contribution >= 0.6 is 0 Å². The van der Waals surface area contributed by atoms with Gasteiger partial charge in [0, 0.05) is 11.3 Å². The van der Waals surface area contributed by atoms with E-state index in [0.717, 1.165) is 35.0 Å². The fourth-order valence-electron chi connectivity index (χ4n) is 2.40. The minimum Gasteiger partial charge on any atom is -0.398 e. The summed E-state index contributed by atoms with van der Waals surface area (Å²) in [6.45, 7) is 4.17. The highest BCUT2D eigenvalue weighted by Gasteiger charge is 2.26. The molecule has 0 spiro atoms. The molecule has 0 aliphatic heterocycles. The number of benzene rings is 1. The maximum atomic E-state index is 5.97. The van der Waals surface area contributed by atoms with E-state index in [2.05, 4.69) is 22.4 Å². The Labute approximate surface area is 112 Å². The summed E-state index contributed by atoms with van der Waals surface area (Å²) in [5, 5.41) is 12.1. The van der Waals surface area contributed by atoms with Crippen LogP contribution in [0.3, 0.4) is 0 Å². The predicted octanol–water partition coefficient (Wildman–Crippen LogP) is 2.59. The van der Waals surface area contributed by atoms with Gasteiger partial charge in [-0.1, -0.05) is 25.0 Å². The highest BCUT2D eigenvalue weighted by molar-refractivity contribution is 5.63. The van der Waals surface area contributed by atoms with Gasteiger partial charge in [-0.15, -0.1) is 5.10 Å². The lowest BCUT2D eigenvalue weighted by Gasteiger charge is -2.13. The molecule has 5 nitrogen and oxygen atoms in total. The first-order chi connectivity index (χ1) is 9.15.